The molecule has 0 bridgehead atoms. The van der Waals surface area contributed by atoms with Gasteiger partial charge in [-0.2, -0.15) is 10.3 Å². The standard InChI is InChI=1S/C18H12BrN3O2S/c19-14-7-11(8-16-17(23)22-18(21)25-16)5-6-15(14)24-10-13-4-2-1-3-12(13)9-20/h1-8H,10H2,(H2,21,22,23). The van der Waals surface area contributed by atoms with E-state index in [1.165, 1.54) is 0 Å². The van der Waals surface area contributed by atoms with E-state index in [-0.39, 0.29) is 11.1 Å². The zero-order valence-electron chi connectivity index (χ0n) is 12.9. The number of rotatable bonds is 4. The predicted molar refractivity (Wildman–Crippen MR) is 102 cm³/mol. The molecule has 3 rings (SSSR count). The second kappa shape index (κ2) is 7.55. The van der Waals surface area contributed by atoms with Gasteiger partial charge in [0.15, 0.2) is 5.17 Å². The fourth-order valence-electron chi connectivity index (χ4n) is 2.21. The number of amidine groups is 1. The molecule has 0 saturated heterocycles. The maximum atomic E-state index is 11.6. The summed E-state index contributed by atoms with van der Waals surface area (Å²) in [6, 6.07) is 14.9. The largest absolute Gasteiger partial charge is 0.488 e. The van der Waals surface area contributed by atoms with E-state index in [4.69, 9.17) is 15.7 Å². The predicted octanol–water partition coefficient (Wildman–Crippen LogP) is 3.83. The van der Waals surface area contributed by atoms with E-state index < -0.39 is 0 Å². The summed E-state index contributed by atoms with van der Waals surface area (Å²) in [6.07, 6.45) is 1.73. The molecule has 7 heteroatoms. The molecule has 25 heavy (non-hydrogen) atoms. The summed E-state index contributed by atoms with van der Waals surface area (Å²) in [7, 11) is 0. The van der Waals surface area contributed by atoms with Crippen molar-refractivity contribution in [2.24, 2.45) is 10.7 Å². The molecule has 124 valence electrons. The number of hydrogen-bond acceptors (Lipinski definition) is 5. The van der Waals surface area contributed by atoms with Gasteiger partial charge in [-0.3, -0.25) is 4.79 Å². The molecule has 0 radical (unpaired) electrons. The molecule has 0 fully saturated rings. The number of carbonyl (C=O) groups is 1. The molecular formula is C18H12BrN3O2S. The van der Waals surface area contributed by atoms with Gasteiger partial charge in [0.05, 0.1) is 21.0 Å². The Morgan fingerprint density at radius 1 is 1.32 bits per heavy atom. The first-order valence-corrected chi connectivity index (χ1v) is 8.86. The van der Waals surface area contributed by atoms with Crippen molar-refractivity contribution in [2.75, 3.05) is 0 Å². The second-order valence-corrected chi connectivity index (χ2v) is 7.03. The van der Waals surface area contributed by atoms with Crippen molar-refractivity contribution in [3.63, 3.8) is 0 Å². The average molecular weight is 414 g/mol. The third-order valence-electron chi connectivity index (χ3n) is 3.41. The summed E-state index contributed by atoms with van der Waals surface area (Å²) in [5, 5.41) is 9.37. The van der Waals surface area contributed by atoms with Gasteiger partial charge in [0.25, 0.3) is 5.91 Å². The van der Waals surface area contributed by atoms with E-state index in [0.717, 1.165) is 27.4 Å². The van der Waals surface area contributed by atoms with Gasteiger partial charge in [0.1, 0.15) is 12.4 Å². The number of benzene rings is 2. The van der Waals surface area contributed by atoms with Crippen LogP contribution in [0.5, 0.6) is 5.75 Å². The van der Waals surface area contributed by atoms with Crippen LogP contribution in [0.25, 0.3) is 6.08 Å². The lowest BCUT2D eigenvalue weighted by Gasteiger charge is -2.10. The molecule has 5 nitrogen and oxygen atoms in total. The molecule has 0 aliphatic carbocycles. The maximum Gasteiger partial charge on any atom is 0.286 e. The summed E-state index contributed by atoms with van der Waals surface area (Å²) in [5.41, 5.74) is 7.79. The maximum absolute atomic E-state index is 11.6. The monoisotopic (exact) mass is 413 g/mol. The molecule has 2 N–H and O–H groups in total. The molecule has 1 heterocycles. The summed E-state index contributed by atoms with van der Waals surface area (Å²) in [6.45, 7) is 0.293. The Kier molecular flexibility index (Phi) is 5.22. The SMILES string of the molecule is N#Cc1ccccc1COc1ccc(C=C2SC(N)=NC2=O)cc1Br. The summed E-state index contributed by atoms with van der Waals surface area (Å²) < 4.78 is 6.55. The van der Waals surface area contributed by atoms with Gasteiger partial charge < -0.3 is 10.5 Å². The van der Waals surface area contributed by atoms with Gasteiger partial charge >= 0.3 is 0 Å². The van der Waals surface area contributed by atoms with Crippen LogP contribution < -0.4 is 10.5 Å². The highest BCUT2D eigenvalue weighted by atomic mass is 79.9. The lowest BCUT2D eigenvalue weighted by atomic mass is 10.1. The Bertz CT molecular complexity index is 948. The zero-order valence-corrected chi connectivity index (χ0v) is 15.3. The minimum atomic E-state index is -0.327. The molecule has 1 aliphatic rings. The fraction of sp³-hybridized carbons (Fsp3) is 0.0556. The number of halogens is 1. The van der Waals surface area contributed by atoms with Crippen LogP contribution >= 0.6 is 27.7 Å². The molecule has 0 aromatic heterocycles. The first kappa shape index (κ1) is 17.3. The Hall–Kier alpha value is -2.56. The molecule has 0 atom stereocenters. The second-order valence-electron chi connectivity index (χ2n) is 5.11. The van der Waals surface area contributed by atoms with Crippen molar-refractivity contribution in [3.8, 4) is 11.8 Å². The van der Waals surface area contributed by atoms with Crippen LogP contribution in [-0.4, -0.2) is 11.1 Å². The highest BCUT2D eigenvalue weighted by Gasteiger charge is 2.19. The van der Waals surface area contributed by atoms with Gasteiger partial charge in [-0.15, -0.1) is 0 Å². The Morgan fingerprint density at radius 3 is 2.80 bits per heavy atom. The average Bonchev–Trinajstić information content (AvgIpc) is 2.91. The molecule has 2 aromatic rings. The first-order valence-electron chi connectivity index (χ1n) is 7.25. The van der Waals surface area contributed by atoms with Crippen LogP contribution in [0.4, 0.5) is 0 Å². The third kappa shape index (κ3) is 4.10. The zero-order chi connectivity index (χ0) is 17.8. The Morgan fingerprint density at radius 2 is 2.12 bits per heavy atom. The van der Waals surface area contributed by atoms with E-state index in [1.807, 2.05) is 30.3 Å². The quantitative estimate of drug-likeness (QED) is 0.769. The number of nitrogens with two attached hydrogens (primary N) is 1. The number of thioether (sulfide) groups is 1. The molecule has 2 aromatic carbocycles. The molecule has 0 unspecified atom stereocenters. The van der Waals surface area contributed by atoms with Gasteiger partial charge in [-0.1, -0.05) is 24.3 Å². The first-order chi connectivity index (χ1) is 12.1. The van der Waals surface area contributed by atoms with Gasteiger partial charge in [0, 0.05) is 5.56 Å². The third-order valence-corrected chi connectivity index (χ3v) is 4.84. The minimum Gasteiger partial charge on any atom is -0.488 e. The van der Waals surface area contributed by atoms with Crippen LogP contribution in [0.15, 0.2) is 56.8 Å². The summed E-state index contributed by atoms with van der Waals surface area (Å²) in [4.78, 5) is 15.8. The topological polar surface area (TPSA) is 88.5 Å². The Balaban J connectivity index is 1.74. The minimum absolute atomic E-state index is 0.256. The number of carbonyl (C=O) groups excluding carboxylic acids is 1. The summed E-state index contributed by atoms with van der Waals surface area (Å²) >= 11 is 4.62. The van der Waals surface area contributed by atoms with Crippen molar-refractivity contribution >= 4 is 44.8 Å². The van der Waals surface area contributed by atoms with E-state index in [0.29, 0.717) is 22.8 Å². The lowest BCUT2D eigenvalue weighted by molar-refractivity contribution is -0.113. The molecule has 1 aliphatic heterocycles. The van der Waals surface area contributed by atoms with Gasteiger partial charge in [0.2, 0.25) is 0 Å². The highest BCUT2D eigenvalue weighted by molar-refractivity contribution is 9.10. The number of nitrogens with zero attached hydrogens (tertiary/aromatic N) is 2. The van der Waals surface area contributed by atoms with E-state index >= 15 is 0 Å². The number of aliphatic imine (C=N–C) groups is 1. The van der Waals surface area contributed by atoms with Gasteiger partial charge in [-0.05, 0) is 57.5 Å². The van der Waals surface area contributed by atoms with Crippen LogP contribution in [0.1, 0.15) is 16.7 Å². The smallest absolute Gasteiger partial charge is 0.286 e. The highest BCUT2D eigenvalue weighted by Crippen LogP contribution is 2.31. The normalized spacial score (nSPS) is 15.1. The van der Waals surface area contributed by atoms with Crippen LogP contribution in [0.3, 0.4) is 0 Å². The van der Waals surface area contributed by atoms with E-state index in [9.17, 15) is 4.79 Å². The lowest BCUT2D eigenvalue weighted by Crippen LogP contribution is -2.01. The van der Waals surface area contributed by atoms with Crippen LogP contribution in [-0.2, 0) is 11.4 Å². The number of hydrogen-bond donors (Lipinski definition) is 1. The van der Waals surface area contributed by atoms with Crippen molar-refractivity contribution in [1.29, 1.82) is 5.26 Å². The number of nitriles is 1. The van der Waals surface area contributed by atoms with Crippen molar-refractivity contribution in [1.82, 2.24) is 0 Å². The van der Waals surface area contributed by atoms with Crippen LogP contribution in [0.2, 0.25) is 0 Å². The molecule has 1 amide bonds. The van der Waals surface area contributed by atoms with Crippen molar-refractivity contribution < 1.29 is 9.53 Å². The van der Waals surface area contributed by atoms with E-state index in [2.05, 4.69) is 27.0 Å². The van der Waals surface area contributed by atoms with Crippen LogP contribution in [0, 0.1) is 11.3 Å². The Labute approximate surface area is 157 Å². The summed E-state index contributed by atoms with van der Waals surface area (Å²) in [5.74, 6) is 0.322. The number of ether oxygens (including phenoxy) is 1. The molecular weight excluding hydrogens is 402 g/mol. The molecule has 0 spiro atoms. The van der Waals surface area contributed by atoms with E-state index in [1.54, 1.807) is 18.2 Å². The van der Waals surface area contributed by atoms with Crippen molar-refractivity contribution in [2.45, 2.75) is 6.61 Å². The van der Waals surface area contributed by atoms with Gasteiger partial charge in [-0.25, -0.2) is 0 Å². The number of amides is 1. The fourth-order valence-corrected chi connectivity index (χ4v) is 3.40. The molecule has 0 saturated carbocycles. The van der Waals surface area contributed by atoms with Crippen molar-refractivity contribution in [3.05, 3.63) is 68.5 Å².